The van der Waals surface area contributed by atoms with Gasteiger partial charge in [0.25, 0.3) is 5.91 Å². The molecule has 0 saturated heterocycles. The molecule has 1 aliphatic rings. The van der Waals surface area contributed by atoms with E-state index in [0.717, 1.165) is 30.9 Å². The first-order chi connectivity index (χ1) is 9.51. The zero-order chi connectivity index (χ0) is 14.7. The average molecular weight is 295 g/mol. The van der Waals surface area contributed by atoms with Gasteiger partial charge in [-0.2, -0.15) is 0 Å². The highest BCUT2D eigenvalue weighted by atomic mass is 35.5. The fourth-order valence-electron chi connectivity index (χ4n) is 2.86. The molecule has 0 aromatic carbocycles. The third-order valence-electron chi connectivity index (χ3n) is 4.31. The standard InChI is InChI=1S/C16H23ClN2O/c1-4-13-9-12(10-15(17)18-13)16(20)19(3)14-7-5-11(2)6-8-14/h9-11,14H,4-8H2,1-3H3. The first kappa shape index (κ1) is 15.3. The van der Waals surface area contributed by atoms with Gasteiger partial charge in [0.1, 0.15) is 5.15 Å². The Bertz CT molecular complexity index is 481. The van der Waals surface area contributed by atoms with E-state index < -0.39 is 0 Å². The molecule has 0 atom stereocenters. The molecular weight excluding hydrogens is 272 g/mol. The molecule has 3 nitrogen and oxygen atoms in total. The Kier molecular flexibility index (Phi) is 5.03. The van der Waals surface area contributed by atoms with Crippen molar-refractivity contribution in [2.75, 3.05) is 7.05 Å². The van der Waals surface area contributed by atoms with E-state index in [4.69, 9.17) is 11.6 Å². The number of pyridine rings is 1. The van der Waals surface area contributed by atoms with Crippen molar-refractivity contribution in [2.45, 2.75) is 52.0 Å². The molecule has 110 valence electrons. The van der Waals surface area contributed by atoms with Crippen molar-refractivity contribution in [3.63, 3.8) is 0 Å². The monoisotopic (exact) mass is 294 g/mol. The summed E-state index contributed by atoms with van der Waals surface area (Å²) in [5, 5.41) is 0.401. The van der Waals surface area contributed by atoms with E-state index in [2.05, 4.69) is 11.9 Å². The summed E-state index contributed by atoms with van der Waals surface area (Å²) in [5.41, 5.74) is 1.52. The molecule has 20 heavy (non-hydrogen) atoms. The molecule has 0 N–H and O–H groups in total. The minimum absolute atomic E-state index is 0.0588. The van der Waals surface area contributed by atoms with E-state index >= 15 is 0 Å². The van der Waals surface area contributed by atoms with Crippen LogP contribution >= 0.6 is 11.6 Å². The molecule has 1 fully saturated rings. The summed E-state index contributed by atoms with van der Waals surface area (Å²) in [5.74, 6) is 0.848. The van der Waals surface area contributed by atoms with Crippen LogP contribution in [-0.4, -0.2) is 28.9 Å². The van der Waals surface area contributed by atoms with Crippen LogP contribution in [0.4, 0.5) is 0 Å². The maximum Gasteiger partial charge on any atom is 0.254 e. The molecular formula is C16H23ClN2O. The van der Waals surface area contributed by atoms with Gasteiger partial charge in [0.05, 0.1) is 0 Å². The Hall–Kier alpha value is -1.09. The lowest BCUT2D eigenvalue weighted by atomic mass is 9.86. The van der Waals surface area contributed by atoms with Gasteiger partial charge < -0.3 is 4.90 Å². The van der Waals surface area contributed by atoms with E-state index in [1.54, 1.807) is 6.07 Å². The van der Waals surface area contributed by atoms with Gasteiger partial charge in [-0.25, -0.2) is 4.98 Å². The predicted molar refractivity (Wildman–Crippen MR) is 82.1 cm³/mol. The van der Waals surface area contributed by atoms with Crippen LogP contribution in [0.5, 0.6) is 0 Å². The molecule has 2 rings (SSSR count). The molecule has 1 aromatic heterocycles. The van der Waals surface area contributed by atoms with Crippen molar-refractivity contribution < 1.29 is 4.79 Å². The van der Waals surface area contributed by atoms with Crippen LogP contribution in [0.3, 0.4) is 0 Å². The number of amides is 1. The summed E-state index contributed by atoms with van der Waals surface area (Å²) in [6.45, 7) is 4.30. The van der Waals surface area contributed by atoms with Crippen LogP contribution in [-0.2, 0) is 6.42 Å². The second kappa shape index (κ2) is 6.57. The normalized spacial score (nSPS) is 22.6. The highest BCUT2D eigenvalue weighted by molar-refractivity contribution is 6.29. The highest BCUT2D eigenvalue weighted by Crippen LogP contribution is 2.27. The van der Waals surface area contributed by atoms with Crippen molar-refractivity contribution in [3.05, 3.63) is 28.5 Å². The number of aromatic nitrogens is 1. The summed E-state index contributed by atoms with van der Waals surface area (Å²) >= 11 is 6.00. The second-order valence-corrected chi connectivity index (χ2v) is 6.24. The van der Waals surface area contributed by atoms with Crippen LogP contribution in [0.25, 0.3) is 0 Å². The van der Waals surface area contributed by atoms with Crippen molar-refractivity contribution in [2.24, 2.45) is 5.92 Å². The van der Waals surface area contributed by atoms with Crippen molar-refractivity contribution in [1.29, 1.82) is 0 Å². The topological polar surface area (TPSA) is 33.2 Å². The van der Waals surface area contributed by atoms with Crippen LogP contribution in [0.1, 0.15) is 55.6 Å². The number of hydrogen-bond acceptors (Lipinski definition) is 2. The quantitative estimate of drug-likeness (QED) is 0.791. The van der Waals surface area contributed by atoms with E-state index in [1.165, 1.54) is 12.8 Å². The van der Waals surface area contributed by atoms with Crippen LogP contribution in [0.2, 0.25) is 5.15 Å². The van der Waals surface area contributed by atoms with Crippen LogP contribution < -0.4 is 0 Å². The fraction of sp³-hybridized carbons (Fsp3) is 0.625. The minimum Gasteiger partial charge on any atom is -0.339 e. The zero-order valence-corrected chi connectivity index (χ0v) is 13.3. The zero-order valence-electron chi connectivity index (χ0n) is 12.5. The van der Waals surface area contributed by atoms with Crippen molar-refractivity contribution in [1.82, 2.24) is 9.88 Å². The van der Waals surface area contributed by atoms with Crippen molar-refractivity contribution in [3.8, 4) is 0 Å². The minimum atomic E-state index is 0.0588. The SMILES string of the molecule is CCc1cc(C(=O)N(C)C2CCC(C)CC2)cc(Cl)n1. The highest BCUT2D eigenvalue weighted by Gasteiger charge is 2.25. The molecule has 4 heteroatoms. The second-order valence-electron chi connectivity index (χ2n) is 5.85. The molecule has 0 radical (unpaired) electrons. The molecule has 1 saturated carbocycles. The summed E-state index contributed by atoms with van der Waals surface area (Å²) in [6, 6.07) is 3.89. The third-order valence-corrected chi connectivity index (χ3v) is 4.50. The lowest BCUT2D eigenvalue weighted by Gasteiger charge is -2.33. The van der Waals surface area contributed by atoms with Gasteiger partial charge >= 0.3 is 0 Å². The van der Waals surface area contributed by atoms with E-state index in [1.807, 2.05) is 24.9 Å². The summed E-state index contributed by atoms with van der Waals surface area (Å²) in [4.78, 5) is 18.7. The largest absolute Gasteiger partial charge is 0.339 e. The molecule has 0 unspecified atom stereocenters. The Morgan fingerprint density at radius 1 is 1.35 bits per heavy atom. The van der Waals surface area contributed by atoms with Gasteiger partial charge in [-0.3, -0.25) is 4.79 Å². The first-order valence-electron chi connectivity index (χ1n) is 7.45. The molecule has 1 aliphatic carbocycles. The number of nitrogens with zero attached hydrogens (tertiary/aromatic N) is 2. The van der Waals surface area contributed by atoms with Gasteiger partial charge in [-0.05, 0) is 50.2 Å². The molecule has 0 aliphatic heterocycles. The lowest BCUT2D eigenvalue weighted by Crippen LogP contribution is -2.39. The molecule has 1 heterocycles. The number of rotatable bonds is 3. The summed E-state index contributed by atoms with van der Waals surface area (Å²) < 4.78 is 0. The number of aryl methyl sites for hydroxylation is 1. The fourth-order valence-corrected chi connectivity index (χ4v) is 3.08. The molecule has 1 amide bonds. The Morgan fingerprint density at radius 3 is 2.60 bits per heavy atom. The Balaban J connectivity index is 2.12. The van der Waals surface area contributed by atoms with Gasteiger partial charge in [-0.15, -0.1) is 0 Å². The number of carbonyl (C=O) groups excluding carboxylic acids is 1. The average Bonchev–Trinajstić information content (AvgIpc) is 2.45. The number of carbonyl (C=O) groups is 1. The Labute approximate surface area is 126 Å². The molecule has 1 aromatic rings. The maximum atomic E-state index is 12.6. The van der Waals surface area contributed by atoms with Gasteiger partial charge in [-0.1, -0.05) is 25.4 Å². The molecule has 0 bridgehead atoms. The van der Waals surface area contributed by atoms with Crippen LogP contribution in [0.15, 0.2) is 12.1 Å². The number of hydrogen-bond donors (Lipinski definition) is 0. The lowest BCUT2D eigenvalue weighted by molar-refractivity contribution is 0.0679. The van der Waals surface area contributed by atoms with E-state index in [9.17, 15) is 4.79 Å². The maximum absolute atomic E-state index is 12.6. The van der Waals surface area contributed by atoms with Crippen LogP contribution in [0, 0.1) is 5.92 Å². The van der Waals surface area contributed by atoms with Gasteiger partial charge in [0.2, 0.25) is 0 Å². The van der Waals surface area contributed by atoms with Crippen molar-refractivity contribution >= 4 is 17.5 Å². The summed E-state index contributed by atoms with van der Waals surface area (Å²) in [6.07, 6.45) is 5.40. The number of halogens is 1. The van der Waals surface area contributed by atoms with E-state index in [-0.39, 0.29) is 5.91 Å². The predicted octanol–water partition coefficient (Wildman–Crippen LogP) is 3.95. The first-order valence-corrected chi connectivity index (χ1v) is 7.82. The summed E-state index contributed by atoms with van der Waals surface area (Å²) in [7, 11) is 1.91. The smallest absolute Gasteiger partial charge is 0.254 e. The van der Waals surface area contributed by atoms with Gasteiger partial charge in [0, 0.05) is 24.3 Å². The Morgan fingerprint density at radius 2 is 2.00 bits per heavy atom. The third kappa shape index (κ3) is 3.51. The molecule has 0 spiro atoms. The van der Waals surface area contributed by atoms with E-state index in [0.29, 0.717) is 16.8 Å². The van der Waals surface area contributed by atoms with Gasteiger partial charge in [0.15, 0.2) is 0 Å².